The van der Waals surface area contributed by atoms with Crippen molar-refractivity contribution >= 4 is 11.8 Å². The molecule has 0 saturated heterocycles. The highest BCUT2D eigenvalue weighted by Gasteiger charge is 2.31. The number of carbonyl (C=O) groups excluding carboxylic acids is 2. The van der Waals surface area contributed by atoms with Crippen molar-refractivity contribution in [1.82, 2.24) is 10.2 Å². The molecule has 2 amide bonds. The predicted molar refractivity (Wildman–Crippen MR) is 139 cm³/mol. The average molecular weight is 463 g/mol. The summed E-state index contributed by atoms with van der Waals surface area (Å²) < 4.78 is 0. The van der Waals surface area contributed by atoms with Crippen LogP contribution in [0, 0.1) is 0 Å². The van der Waals surface area contributed by atoms with Crippen LogP contribution in [-0.4, -0.2) is 23.3 Å². The van der Waals surface area contributed by atoms with Gasteiger partial charge in [-0.25, -0.2) is 0 Å². The molecule has 0 heterocycles. The maximum atomic E-state index is 13.7. The molecule has 0 aliphatic rings. The number of benzene rings is 4. The lowest BCUT2D eigenvalue weighted by Crippen LogP contribution is -2.44. The van der Waals surface area contributed by atoms with Gasteiger partial charge >= 0.3 is 0 Å². The van der Waals surface area contributed by atoms with Crippen molar-refractivity contribution < 1.29 is 9.59 Å². The first-order chi connectivity index (χ1) is 17.2. The fraction of sp³-hybridized carbons (Fsp3) is 0.161. The molecule has 1 N–H and O–H groups in total. The molecule has 176 valence electrons. The molecule has 0 aliphatic heterocycles. The highest BCUT2D eigenvalue weighted by molar-refractivity contribution is 5.89. The Bertz CT molecular complexity index is 1200. The molecule has 0 aromatic heterocycles. The van der Waals surface area contributed by atoms with E-state index in [1.165, 1.54) is 0 Å². The first kappa shape index (κ1) is 24.0. The average Bonchev–Trinajstić information content (AvgIpc) is 2.91. The molecule has 0 aliphatic carbocycles. The number of carbonyl (C=O) groups is 2. The first-order valence-corrected chi connectivity index (χ1v) is 11.9. The van der Waals surface area contributed by atoms with Crippen LogP contribution in [0.25, 0.3) is 0 Å². The molecular weight excluding hydrogens is 432 g/mol. The van der Waals surface area contributed by atoms with Crippen LogP contribution in [-0.2, 0) is 29.0 Å². The van der Waals surface area contributed by atoms with Crippen molar-refractivity contribution in [3.8, 4) is 0 Å². The smallest absolute Gasteiger partial charge is 0.247 e. The quantitative estimate of drug-likeness (QED) is 0.345. The molecule has 4 rings (SSSR count). The topological polar surface area (TPSA) is 49.4 Å². The Kier molecular flexibility index (Phi) is 8.44. The standard InChI is InChI=1S/C31H30N2O2/c34-29(23-26-15-7-2-8-16-26)33(24-27-17-9-3-10-18-27)30(28-19-11-4-12-20-28)31(35)32-22-21-25-13-5-1-6-14-25/h1-20,30H,21-24H2,(H,32,35). The van der Waals surface area contributed by atoms with Gasteiger partial charge in [0.25, 0.3) is 0 Å². The number of nitrogens with one attached hydrogen (secondary N) is 1. The van der Waals surface area contributed by atoms with Gasteiger partial charge < -0.3 is 10.2 Å². The van der Waals surface area contributed by atoms with Gasteiger partial charge in [-0.1, -0.05) is 121 Å². The summed E-state index contributed by atoms with van der Waals surface area (Å²) in [4.78, 5) is 29.0. The third-order valence-corrected chi connectivity index (χ3v) is 5.95. The summed E-state index contributed by atoms with van der Waals surface area (Å²) in [5, 5.41) is 3.08. The molecule has 0 radical (unpaired) electrons. The van der Waals surface area contributed by atoms with E-state index < -0.39 is 6.04 Å². The summed E-state index contributed by atoms with van der Waals surface area (Å²) in [5.41, 5.74) is 3.85. The SMILES string of the molecule is O=C(NCCc1ccccc1)C(c1ccccc1)N(Cc1ccccc1)C(=O)Cc1ccccc1. The van der Waals surface area contributed by atoms with Gasteiger partial charge in [0, 0.05) is 13.1 Å². The number of hydrogen-bond acceptors (Lipinski definition) is 2. The Morgan fingerprint density at radius 1 is 0.629 bits per heavy atom. The van der Waals surface area contributed by atoms with E-state index in [0.717, 1.165) is 28.7 Å². The number of nitrogens with zero attached hydrogens (tertiary/aromatic N) is 1. The van der Waals surface area contributed by atoms with Crippen LogP contribution in [0.3, 0.4) is 0 Å². The van der Waals surface area contributed by atoms with Crippen molar-refractivity contribution in [2.24, 2.45) is 0 Å². The second-order valence-electron chi connectivity index (χ2n) is 8.51. The van der Waals surface area contributed by atoms with Crippen LogP contribution in [0.5, 0.6) is 0 Å². The Morgan fingerprint density at radius 3 is 1.69 bits per heavy atom. The largest absolute Gasteiger partial charge is 0.354 e. The lowest BCUT2D eigenvalue weighted by atomic mass is 10.0. The number of amides is 2. The Morgan fingerprint density at radius 2 is 1.11 bits per heavy atom. The van der Waals surface area contributed by atoms with E-state index in [0.29, 0.717) is 13.1 Å². The summed E-state index contributed by atoms with van der Waals surface area (Å²) in [6, 6.07) is 38.4. The Labute approximate surface area is 207 Å². The third kappa shape index (κ3) is 6.90. The molecule has 0 spiro atoms. The van der Waals surface area contributed by atoms with E-state index in [-0.39, 0.29) is 18.2 Å². The van der Waals surface area contributed by atoms with Gasteiger partial charge in [-0.15, -0.1) is 0 Å². The third-order valence-electron chi connectivity index (χ3n) is 5.95. The lowest BCUT2D eigenvalue weighted by molar-refractivity contribution is -0.141. The van der Waals surface area contributed by atoms with Crippen molar-refractivity contribution in [3.05, 3.63) is 144 Å². The van der Waals surface area contributed by atoms with Crippen LogP contribution in [0.1, 0.15) is 28.3 Å². The normalized spacial score (nSPS) is 11.4. The molecule has 4 heteroatoms. The molecular formula is C31H30N2O2. The fourth-order valence-electron chi connectivity index (χ4n) is 4.16. The van der Waals surface area contributed by atoms with Gasteiger partial charge in [0.2, 0.25) is 11.8 Å². The van der Waals surface area contributed by atoms with E-state index in [1.54, 1.807) is 4.90 Å². The number of rotatable bonds is 10. The molecule has 0 fully saturated rings. The van der Waals surface area contributed by atoms with Gasteiger partial charge in [-0.05, 0) is 28.7 Å². The zero-order valence-corrected chi connectivity index (χ0v) is 19.7. The summed E-state index contributed by atoms with van der Waals surface area (Å²) in [5.74, 6) is -0.267. The lowest BCUT2D eigenvalue weighted by Gasteiger charge is -2.32. The predicted octanol–water partition coefficient (Wildman–Crippen LogP) is 5.36. The van der Waals surface area contributed by atoms with Crippen LogP contribution >= 0.6 is 0 Å². The van der Waals surface area contributed by atoms with Crippen molar-refractivity contribution in [2.75, 3.05) is 6.54 Å². The maximum absolute atomic E-state index is 13.7. The van der Waals surface area contributed by atoms with E-state index in [1.807, 2.05) is 121 Å². The molecule has 4 nitrogen and oxygen atoms in total. The van der Waals surface area contributed by atoms with E-state index in [2.05, 4.69) is 5.32 Å². The van der Waals surface area contributed by atoms with Crippen LogP contribution in [0.2, 0.25) is 0 Å². The zero-order valence-electron chi connectivity index (χ0n) is 19.7. The summed E-state index contributed by atoms with van der Waals surface area (Å²) in [6.45, 7) is 0.844. The number of hydrogen-bond donors (Lipinski definition) is 1. The first-order valence-electron chi connectivity index (χ1n) is 11.9. The highest BCUT2D eigenvalue weighted by Crippen LogP contribution is 2.25. The van der Waals surface area contributed by atoms with Gasteiger partial charge in [-0.2, -0.15) is 0 Å². The molecule has 0 saturated carbocycles. The van der Waals surface area contributed by atoms with E-state index in [4.69, 9.17) is 0 Å². The second-order valence-corrected chi connectivity index (χ2v) is 8.51. The molecule has 4 aromatic rings. The van der Waals surface area contributed by atoms with Crippen molar-refractivity contribution in [2.45, 2.75) is 25.4 Å². The van der Waals surface area contributed by atoms with Crippen LogP contribution in [0.4, 0.5) is 0 Å². The maximum Gasteiger partial charge on any atom is 0.247 e. The summed E-state index contributed by atoms with van der Waals surface area (Å²) in [7, 11) is 0. The Hall–Kier alpha value is -4.18. The summed E-state index contributed by atoms with van der Waals surface area (Å²) in [6.07, 6.45) is 0.957. The van der Waals surface area contributed by atoms with Crippen molar-refractivity contribution in [3.63, 3.8) is 0 Å². The second kappa shape index (κ2) is 12.3. The van der Waals surface area contributed by atoms with Gasteiger partial charge in [-0.3, -0.25) is 9.59 Å². The summed E-state index contributed by atoms with van der Waals surface area (Å²) >= 11 is 0. The highest BCUT2D eigenvalue weighted by atomic mass is 16.2. The molecule has 0 bridgehead atoms. The Balaban J connectivity index is 1.60. The molecule has 35 heavy (non-hydrogen) atoms. The fourth-order valence-corrected chi connectivity index (χ4v) is 4.16. The minimum atomic E-state index is -0.733. The van der Waals surface area contributed by atoms with Crippen LogP contribution in [0.15, 0.2) is 121 Å². The van der Waals surface area contributed by atoms with Gasteiger partial charge in [0.05, 0.1) is 6.42 Å². The van der Waals surface area contributed by atoms with Gasteiger partial charge in [0.1, 0.15) is 6.04 Å². The van der Waals surface area contributed by atoms with Crippen molar-refractivity contribution in [1.29, 1.82) is 0 Å². The molecule has 1 atom stereocenters. The minimum Gasteiger partial charge on any atom is -0.354 e. The van der Waals surface area contributed by atoms with E-state index in [9.17, 15) is 9.59 Å². The van der Waals surface area contributed by atoms with Gasteiger partial charge in [0.15, 0.2) is 0 Å². The molecule has 4 aromatic carbocycles. The van der Waals surface area contributed by atoms with E-state index >= 15 is 0 Å². The zero-order chi connectivity index (χ0) is 24.3. The minimum absolute atomic E-state index is 0.0906. The monoisotopic (exact) mass is 462 g/mol. The van der Waals surface area contributed by atoms with Crippen LogP contribution < -0.4 is 5.32 Å². The molecule has 1 unspecified atom stereocenters.